The Bertz CT molecular complexity index is 550. The number of rotatable bonds is 4. The van der Waals surface area contributed by atoms with E-state index in [0.717, 1.165) is 18.4 Å². The summed E-state index contributed by atoms with van der Waals surface area (Å²) in [5.41, 5.74) is 0.335. The van der Waals surface area contributed by atoms with Gasteiger partial charge in [0.25, 0.3) is 0 Å². The lowest BCUT2D eigenvalue weighted by molar-refractivity contribution is -0.157. The summed E-state index contributed by atoms with van der Waals surface area (Å²) in [5, 5.41) is 0. The molecule has 0 saturated carbocycles. The van der Waals surface area contributed by atoms with Crippen LogP contribution in [0.2, 0.25) is 0 Å². The minimum absolute atomic E-state index is 0.275. The summed E-state index contributed by atoms with van der Waals surface area (Å²) in [5.74, 6) is -0.508. The molecule has 0 aliphatic carbocycles. The number of esters is 1. The Balaban J connectivity index is 3.14. The smallest absolute Gasteiger partial charge is 0.328 e. The Morgan fingerprint density at radius 1 is 1.27 bits per heavy atom. The van der Waals surface area contributed by atoms with Gasteiger partial charge in [-0.2, -0.15) is 4.31 Å². The van der Waals surface area contributed by atoms with Crippen molar-refractivity contribution >= 4 is 16.0 Å². The third kappa shape index (κ3) is 4.32. The van der Waals surface area contributed by atoms with Gasteiger partial charge in [-0.05, 0) is 48.0 Å². The zero-order valence-corrected chi connectivity index (χ0v) is 15.6. The Hall–Kier alpha value is -0.880. The van der Waals surface area contributed by atoms with Crippen molar-refractivity contribution in [3.8, 4) is 0 Å². The molecule has 1 aliphatic rings. The second-order valence-electron chi connectivity index (χ2n) is 7.72. The second-order valence-corrected chi connectivity index (χ2v) is 10.4. The molecule has 0 aromatic heterocycles. The highest BCUT2D eigenvalue weighted by Gasteiger charge is 2.45. The summed E-state index contributed by atoms with van der Waals surface area (Å²) >= 11 is 0. The van der Waals surface area contributed by atoms with Crippen molar-refractivity contribution in [1.82, 2.24) is 4.31 Å². The number of sulfonamides is 1. The Labute approximate surface area is 134 Å². The first-order chi connectivity index (χ1) is 9.79. The highest BCUT2D eigenvalue weighted by atomic mass is 32.2. The minimum Gasteiger partial charge on any atom is -0.459 e. The van der Waals surface area contributed by atoms with E-state index in [4.69, 9.17) is 4.74 Å². The van der Waals surface area contributed by atoms with Crippen LogP contribution in [0.25, 0.3) is 0 Å². The predicted molar refractivity (Wildman–Crippen MR) is 88.0 cm³/mol. The molecule has 1 aliphatic heterocycles. The number of hydrogen-bond acceptors (Lipinski definition) is 4. The maximum atomic E-state index is 12.8. The van der Waals surface area contributed by atoms with Crippen molar-refractivity contribution < 1.29 is 17.9 Å². The third-order valence-electron chi connectivity index (χ3n) is 3.36. The molecule has 0 N–H and O–H groups in total. The summed E-state index contributed by atoms with van der Waals surface area (Å²) < 4.78 is 31.3. The van der Waals surface area contributed by atoms with Gasteiger partial charge in [-0.3, -0.25) is 0 Å². The molecule has 0 spiro atoms. The van der Waals surface area contributed by atoms with Gasteiger partial charge in [0, 0.05) is 6.54 Å². The van der Waals surface area contributed by atoms with Gasteiger partial charge in [-0.1, -0.05) is 25.0 Å². The van der Waals surface area contributed by atoms with Crippen molar-refractivity contribution in [2.24, 2.45) is 0 Å². The first kappa shape index (κ1) is 19.2. The van der Waals surface area contributed by atoms with Gasteiger partial charge in [0.1, 0.15) is 11.6 Å². The minimum atomic E-state index is -3.60. The highest BCUT2D eigenvalue weighted by molar-refractivity contribution is 7.90. The Kier molecular flexibility index (Phi) is 5.50. The number of nitrogens with zero attached hydrogens (tertiary/aromatic N) is 1. The zero-order valence-electron chi connectivity index (χ0n) is 14.8. The van der Waals surface area contributed by atoms with E-state index in [-0.39, 0.29) is 6.54 Å². The molecule has 0 bridgehead atoms. The summed E-state index contributed by atoms with van der Waals surface area (Å²) in [6, 6.07) is -0.856. The fourth-order valence-corrected chi connectivity index (χ4v) is 3.76. The first-order valence-electron chi connectivity index (χ1n) is 7.73. The summed E-state index contributed by atoms with van der Waals surface area (Å²) in [7, 11) is -3.60. The Morgan fingerprint density at radius 2 is 1.82 bits per heavy atom. The summed E-state index contributed by atoms with van der Waals surface area (Å²) in [4.78, 5) is 12.4. The monoisotopic (exact) mass is 331 g/mol. The van der Waals surface area contributed by atoms with Crippen LogP contribution in [0, 0.1) is 0 Å². The van der Waals surface area contributed by atoms with Crippen molar-refractivity contribution in [3.63, 3.8) is 0 Å². The molecule has 6 heteroatoms. The standard InChI is InChI=1S/C16H29NO4S/c1-8-9-12-10-13(14(18)21-15(2,3)4)17(11-12)22(19,20)16(5,6)7/h10,13H,8-9,11H2,1-7H3/t13-/m1/s1. The molecule has 0 aromatic carbocycles. The lowest BCUT2D eigenvalue weighted by Crippen LogP contribution is -2.49. The number of carbonyl (C=O) groups is 1. The maximum Gasteiger partial charge on any atom is 0.328 e. The fraction of sp³-hybridized carbons (Fsp3) is 0.812. The van der Waals surface area contributed by atoms with Crippen LogP contribution in [0.3, 0.4) is 0 Å². The molecule has 0 saturated heterocycles. The second kappa shape index (κ2) is 6.32. The van der Waals surface area contributed by atoms with E-state index >= 15 is 0 Å². The quantitative estimate of drug-likeness (QED) is 0.587. The third-order valence-corrected chi connectivity index (χ3v) is 5.89. The van der Waals surface area contributed by atoms with E-state index in [2.05, 4.69) is 0 Å². The van der Waals surface area contributed by atoms with E-state index in [9.17, 15) is 13.2 Å². The number of ether oxygens (including phenoxy) is 1. The molecule has 0 aromatic rings. The molecule has 128 valence electrons. The summed E-state index contributed by atoms with van der Waals surface area (Å²) in [6.07, 6.45) is 3.45. The molecule has 1 rings (SSSR count). The van der Waals surface area contributed by atoms with Crippen LogP contribution in [0.1, 0.15) is 61.3 Å². The van der Waals surface area contributed by atoms with E-state index in [1.165, 1.54) is 4.31 Å². The van der Waals surface area contributed by atoms with Crippen LogP contribution in [0.5, 0.6) is 0 Å². The average molecular weight is 331 g/mol. The molecule has 0 radical (unpaired) electrons. The lowest BCUT2D eigenvalue weighted by Gasteiger charge is -2.31. The van der Waals surface area contributed by atoms with Crippen molar-refractivity contribution in [2.75, 3.05) is 6.54 Å². The van der Waals surface area contributed by atoms with E-state index < -0.39 is 32.4 Å². The van der Waals surface area contributed by atoms with Crippen molar-refractivity contribution in [1.29, 1.82) is 0 Å². The van der Waals surface area contributed by atoms with Gasteiger partial charge < -0.3 is 4.74 Å². The van der Waals surface area contributed by atoms with Gasteiger partial charge in [0.15, 0.2) is 0 Å². The molecule has 22 heavy (non-hydrogen) atoms. The molecule has 0 unspecified atom stereocenters. The molecule has 5 nitrogen and oxygen atoms in total. The molecule has 0 fully saturated rings. The molecular formula is C16H29NO4S. The van der Waals surface area contributed by atoms with E-state index in [1.54, 1.807) is 47.6 Å². The van der Waals surface area contributed by atoms with Crippen LogP contribution in [-0.2, 0) is 19.6 Å². The van der Waals surface area contributed by atoms with Gasteiger partial charge >= 0.3 is 5.97 Å². The molecule has 1 atom stereocenters. The molecular weight excluding hydrogens is 302 g/mol. The predicted octanol–water partition coefficient (Wildman–Crippen LogP) is 2.87. The lowest BCUT2D eigenvalue weighted by atomic mass is 10.1. The zero-order chi connectivity index (χ0) is 17.3. The topological polar surface area (TPSA) is 63.7 Å². The van der Waals surface area contributed by atoms with Crippen LogP contribution in [0.15, 0.2) is 11.6 Å². The molecule has 1 heterocycles. The van der Waals surface area contributed by atoms with Crippen molar-refractivity contribution in [3.05, 3.63) is 11.6 Å². The average Bonchev–Trinajstić information content (AvgIpc) is 2.70. The number of carbonyl (C=O) groups excluding carboxylic acids is 1. The van der Waals surface area contributed by atoms with Gasteiger partial charge in [-0.15, -0.1) is 0 Å². The normalized spacial score (nSPS) is 20.9. The van der Waals surface area contributed by atoms with Crippen LogP contribution in [0.4, 0.5) is 0 Å². The fourth-order valence-electron chi connectivity index (χ4n) is 2.28. The van der Waals surface area contributed by atoms with Crippen LogP contribution >= 0.6 is 0 Å². The summed E-state index contributed by atoms with van der Waals surface area (Å²) in [6.45, 7) is 12.6. The van der Waals surface area contributed by atoms with E-state index in [1.807, 2.05) is 6.92 Å². The SMILES string of the molecule is CCCC1=C[C@H](C(=O)OC(C)(C)C)N(S(=O)(=O)C(C)(C)C)C1. The molecule has 0 amide bonds. The van der Waals surface area contributed by atoms with Gasteiger partial charge in [-0.25, -0.2) is 13.2 Å². The first-order valence-corrected chi connectivity index (χ1v) is 9.17. The van der Waals surface area contributed by atoms with Crippen LogP contribution in [-0.4, -0.2) is 41.6 Å². The van der Waals surface area contributed by atoms with Crippen LogP contribution < -0.4 is 0 Å². The Morgan fingerprint density at radius 3 is 2.23 bits per heavy atom. The van der Waals surface area contributed by atoms with E-state index in [0.29, 0.717) is 0 Å². The van der Waals surface area contributed by atoms with Gasteiger partial charge in [0.2, 0.25) is 10.0 Å². The largest absolute Gasteiger partial charge is 0.459 e. The highest BCUT2D eigenvalue weighted by Crippen LogP contribution is 2.30. The maximum absolute atomic E-state index is 12.8. The van der Waals surface area contributed by atoms with Gasteiger partial charge in [0.05, 0.1) is 4.75 Å². The number of hydrogen-bond donors (Lipinski definition) is 0. The van der Waals surface area contributed by atoms with Crippen molar-refractivity contribution in [2.45, 2.75) is 77.7 Å².